The van der Waals surface area contributed by atoms with Crippen molar-refractivity contribution in [2.75, 3.05) is 0 Å². The van der Waals surface area contributed by atoms with Crippen molar-refractivity contribution >= 4 is 5.97 Å². The van der Waals surface area contributed by atoms with Crippen molar-refractivity contribution in [2.45, 2.75) is 39.7 Å². The highest BCUT2D eigenvalue weighted by molar-refractivity contribution is 5.95. The van der Waals surface area contributed by atoms with Crippen LogP contribution in [0.15, 0.2) is 42.7 Å². The van der Waals surface area contributed by atoms with Crippen LogP contribution in [0.4, 0.5) is 0 Å². The number of carbonyl (C=O) groups is 1. The number of carboxylic acids is 1. The van der Waals surface area contributed by atoms with Gasteiger partial charge in [0.25, 0.3) is 0 Å². The number of nitrogens with zero attached hydrogens (tertiary/aromatic N) is 4. The summed E-state index contributed by atoms with van der Waals surface area (Å²) in [4.78, 5) is 20.4. The zero-order chi connectivity index (χ0) is 18.5. The van der Waals surface area contributed by atoms with Crippen molar-refractivity contribution in [1.82, 2.24) is 19.7 Å². The molecule has 0 fully saturated rings. The number of carboxylic acid groups (broad SMARTS) is 1. The molecular weight excluding hydrogens is 328 g/mol. The summed E-state index contributed by atoms with van der Waals surface area (Å²) in [5.41, 5.74) is 2.68. The third kappa shape index (κ3) is 3.79. The van der Waals surface area contributed by atoms with Crippen molar-refractivity contribution in [3.8, 4) is 11.1 Å². The van der Waals surface area contributed by atoms with E-state index in [1.54, 1.807) is 30.6 Å². The second kappa shape index (κ2) is 7.91. The fourth-order valence-corrected chi connectivity index (χ4v) is 2.93. The average molecular weight is 350 g/mol. The van der Waals surface area contributed by atoms with Crippen LogP contribution in [-0.4, -0.2) is 30.8 Å². The van der Waals surface area contributed by atoms with E-state index in [0.717, 1.165) is 42.0 Å². The predicted octanol–water partition coefficient (Wildman–Crippen LogP) is 3.60. The number of hydrogen-bond donors (Lipinski definition) is 1. The molecule has 0 radical (unpaired) electrons. The normalized spacial score (nSPS) is 10.8. The Kier molecular flexibility index (Phi) is 5.41. The van der Waals surface area contributed by atoms with Crippen molar-refractivity contribution in [3.63, 3.8) is 0 Å². The first kappa shape index (κ1) is 17.8. The maximum Gasteiger partial charge on any atom is 0.336 e. The Morgan fingerprint density at radius 3 is 2.73 bits per heavy atom. The molecule has 0 aliphatic heterocycles. The van der Waals surface area contributed by atoms with Gasteiger partial charge in [-0.05, 0) is 29.7 Å². The zero-order valence-electron chi connectivity index (χ0n) is 15.0. The van der Waals surface area contributed by atoms with E-state index in [0.29, 0.717) is 12.1 Å². The molecule has 0 unspecified atom stereocenters. The predicted molar refractivity (Wildman–Crippen MR) is 99.1 cm³/mol. The smallest absolute Gasteiger partial charge is 0.336 e. The molecule has 0 amide bonds. The lowest BCUT2D eigenvalue weighted by Gasteiger charge is -2.09. The zero-order valence-corrected chi connectivity index (χ0v) is 15.0. The van der Waals surface area contributed by atoms with Crippen LogP contribution in [0.1, 0.15) is 47.8 Å². The van der Waals surface area contributed by atoms with Crippen LogP contribution in [0.3, 0.4) is 0 Å². The fourth-order valence-electron chi connectivity index (χ4n) is 2.93. The highest BCUT2D eigenvalue weighted by Gasteiger charge is 2.13. The maximum atomic E-state index is 11.5. The molecule has 0 aliphatic rings. The first-order valence-corrected chi connectivity index (χ1v) is 8.81. The number of aromatic carboxylic acids is 1. The lowest BCUT2D eigenvalue weighted by Crippen LogP contribution is -2.08. The van der Waals surface area contributed by atoms with Gasteiger partial charge in [0.2, 0.25) is 0 Å². The summed E-state index contributed by atoms with van der Waals surface area (Å²) >= 11 is 0. The minimum absolute atomic E-state index is 0.271. The minimum Gasteiger partial charge on any atom is -0.478 e. The van der Waals surface area contributed by atoms with Crippen LogP contribution in [-0.2, 0) is 19.4 Å². The number of benzene rings is 1. The molecule has 134 valence electrons. The molecule has 1 N–H and O–H groups in total. The lowest BCUT2D eigenvalue weighted by molar-refractivity contribution is 0.0697. The van der Waals surface area contributed by atoms with Gasteiger partial charge in [-0.25, -0.2) is 14.5 Å². The molecule has 6 nitrogen and oxygen atoms in total. The molecule has 3 aromatic rings. The van der Waals surface area contributed by atoms with E-state index in [9.17, 15) is 9.90 Å². The summed E-state index contributed by atoms with van der Waals surface area (Å²) in [5.74, 6) is 0.870. The van der Waals surface area contributed by atoms with Crippen molar-refractivity contribution in [3.05, 3.63) is 65.5 Å². The van der Waals surface area contributed by atoms with Gasteiger partial charge in [-0.15, -0.1) is 0 Å². The van der Waals surface area contributed by atoms with E-state index in [4.69, 9.17) is 0 Å². The van der Waals surface area contributed by atoms with E-state index < -0.39 is 5.97 Å². The highest BCUT2D eigenvalue weighted by atomic mass is 16.4. The molecule has 2 aromatic heterocycles. The quantitative estimate of drug-likeness (QED) is 0.704. The Morgan fingerprint density at radius 1 is 1.19 bits per heavy atom. The lowest BCUT2D eigenvalue weighted by atomic mass is 10.00. The molecule has 26 heavy (non-hydrogen) atoms. The summed E-state index contributed by atoms with van der Waals surface area (Å²) in [6.07, 6.45) is 6.16. The van der Waals surface area contributed by atoms with E-state index in [1.165, 1.54) is 0 Å². The summed E-state index contributed by atoms with van der Waals surface area (Å²) in [5, 5.41) is 14.0. The molecule has 2 heterocycles. The Hall–Kier alpha value is -3.02. The van der Waals surface area contributed by atoms with Crippen molar-refractivity contribution < 1.29 is 9.90 Å². The summed E-state index contributed by atoms with van der Waals surface area (Å²) < 4.78 is 1.92. The van der Waals surface area contributed by atoms with Crippen molar-refractivity contribution in [2.24, 2.45) is 0 Å². The molecule has 0 aliphatic carbocycles. The minimum atomic E-state index is -0.944. The summed E-state index contributed by atoms with van der Waals surface area (Å²) in [7, 11) is 0. The molecule has 3 rings (SSSR count). The van der Waals surface area contributed by atoms with E-state index in [1.807, 2.05) is 23.7 Å². The van der Waals surface area contributed by atoms with Gasteiger partial charge >= 0.3 is 5.97 Å². The van der Waals surface area contributed by atoms with Crippen LogP contribution in [0.5, 0.6) is 0 Å². The van der Waals surface area contributed by atoms with E-state index in [-0.39, 0.29) is 5.56 Å². The summed E-state index contributed by atoms with van der Waals surface area (Å²) in [6.45, 7) is 4.73. The number of hydrogen-bond acceptors (Lipinski definition) is 4. The molecule has 0 saturated carbocycles. The Bertz CT molecular complexity index is 918. The molecule has 6 heteroatoms. The molecule has 0 saturated heterocycles. The average Bonchev–Trinajstić information content (AvgIpc) is 3.04. The van der Waals surface area contributed by atoms with Gasteiger partial charge in [0.15, 0.2) is 5.82 Å². The SMILES string of the molecule is CCCc1nc(CC)nn1Cc1cncc(-c2ccccc2C(=O)O)c1. The van der Waals surface area contributed by atoms with Gasteiger partial charge in [-0.1, -0.05) is 32.0 Å². The maximum absolute atomic E-state index is 11.5. The van der Waals surface area contributed by atoms with Gasteiger partial charge in [0, 0.05) is 30.8 Å². The largest absolute Gasteiger partial charge is 0.478 e. The van der Waals surface area contributed by atoms with Crippen LogP contribution >= 0.6 is 0 Å². The van der Waals surface area contributed by atoms with E-state index in [2.05, 4.69) is 22.0 Å². The number of pyridine rings is 1. The standard InChI is InChI=1S/C20H22N4O2/c1-3-7-19-22-18(4-2)23-24(19)13-14-10-15(12-21-11-14)16-8-5-6-9-17(16)20(25)26/h5-6,8-12H,3-4,7,13H2,1-2H3,(H,25,26). The molecular formula is C20H22N4O2. The van der Waals surface area contributed by atoms with Gasteiger partial charge in [-0.2, -0.15) is 5.10 Å². The van der Waals surface area contributed by atoms with E-state index >= 15 is 0 Å². The van der Waals surface area contributed by atoms with Crippen LogP contribution in [0, 0.1) is 0 Å². The Labute approximate surface area is 152 Å². The first-order chi connectivity index (χ1) is 12.6. The highest BCUT2D eigenvalue weighted by Crippen LogP contribution is 2.24. The van der Waals surface area contributed by atoms with Crippen molar-refractivity contribution in [1.29, 1.82) is 0 Å². The van der Waals surface area contributed by atoms with Crippen LogP contribution in [0.25, 0.3) is 11.1 Å². The molecule has 1 aromatic carbocycles. The Balaban J connectivity index is 1.94. The topological polar surface area (TPSA) is 80.9 Å². The molecule has 0 atom stereocenters. The number of aromatic nitrogens is 4. The van der Waals surface area contributed by atoms with Gasteiger partial charge in [0.1, 0.15) is 5.82 Å². The van der Waals surface area contributed by atoms with Gasteiger partial charge < -0.3 is 5.11 Å². The first-order valence-electron chi connectivity index (χ1n) is 8.81. The molecule has 0 spiro atoms. The van der Waals surface area contributed by atoms with Crippen LogP contribution < -0.4 is 0 Å². The monoisotopic (exact) mass is 350 g/mol. The summed E-state index contributed by atoms with van der Waals surface area (Å²) in [6, 6.07) is 8.94. The third-order valence-corrected chi connectivity index (χ3v) is 4.18. The number of rotatable bonds is 7. The Morgan fingerprint density at radius 2 is 2.00 bits per heavy atom. The molecule has 0 bridgehead atoms. The van der Waals surface area contributed by atoms with Gasteiger partial charge in [-0.3, -0.25) is 4.98 Å². The fraction of sp³-hybridized carbons (Fsp3) is 0.300. The van der Waals surface area contributed by atoms with Gasteiger partial charge in [0.05, 0.1) is 12.1 Å². The second-order valence-corrected chi connectivity index (χ2v) is 6.14. The second-order valence-electron chi connectivity index (χ2n) is 6.14. The number of aryl methyl sites for hydroxylation is 2. The van der Waals surface area contributed by atoms with Crippen LogP contribution in [0.2, 0.25) is 0 Å². The third-order valence-electron chi connectivity index (χ3n) is 4.18.